The van der Waals surface area contributed by atoms with E-state index in [2.05, 4.69) is 84.3 Å². The maximum atomic E-state index is 4.75. The molecular formula is C28H24N2. The molecule has 3 aromatic carbocycles. The second-order valence-corrected chi connectivity index (χ2v) is 7.20. The van der Waals surface area contributed by atoms with Crippen LogP contribution in [0.3, 0.4) is 0 Å². The van der Waals surface area contributed by atoms with Crippen molar-refractivity contribution in [1.29, 1.82) is 0 Å². The van der Waals surface area contributed by atoms with Crippen LogP contribution in [0.4, 0.5) is 17.2 Å². The van der Waals surface area contributed by atoms with Crippen molar-refractivity contribution in [3.05, 3.63) is 127 Å². The molecule has 0 spiro atoms. The Hall–Kier alpha value is -3.91. The van der Waals surface area contributed by atoms with Crippen molar-refractivity contribution in [1.82, 2.24) is 4.98 Å². The van der Waals surface area contributed by atoms with Crippen molar-refractivity contribution in [2.45, 2.75) is 6.92 Å². The summed E-state index contributed by atoms with van der Waals surface area (Å²) >= 11 is 0. The fourth-order valence-electron chi connectivity index (χ4n) is 3.30. The van der Waals surface area contributed by atoms with Crippen molar-refractivity contribution < 1.29 is 0 Å². The number of rotatable bonds is 6. The molecule has 0 amide bonds. The first kappa shape index (κ1) is 19.4. The third-order valence-corrected chi connectivity index (χ3v) is 4.88. The predicted octanol–water partition coefficient (Wildman–Crippen LogP) is 7.75. The summed E-state index contributed by atoms with van der Waals surface area (Å²) in [4.78, 5) is 6.91. The average Bonchev–Trinajstić information content (AvgIpc) is 2.80. The molecule has 4 rings (SSSR count). The lowest BCUT2D eigenvalue weighted by molar-refractivity contribution is 1.18. The standard InChI is InChI=1S/C28H24N2/c1-22(2)25-11-9-10-23(20-25)16-17-24-18-19-28(29-21-24)30(26-12-5-3-6-13-26)27-14-7-4-8-15-27/h3-21H,1H2,2H3/b17-16+. The van der Waals surface area contributed by atoms with Crippen LogP contribution in [0, 0.1) is 0 Å². The molecule has 0 aliphatic heterocycles. The summed E-state index contributed by atoms with van der Waals surface area (Å²) < 4.78 is 0. The number of pyridine rings is 1. The first-order valence-corrected chi connectivity index (χ1v) is 10.0. The fourth-order valence-corrected chi connectivity index (χ4v) is 3.30. The van der Waals surface area contributed by atoms with Crippen molar-refractivity contribution in [3.63, 3.8) is 0 Å². The molecule has 0 atom stereocenters. The minimum atomic E-state index is 0.883. The van der Waals surface area contributed by atoms with Crippen LogP contribution < -0.4 is 4.90 Å². The lowest BCUT2D eigenvalue weighted by Crippen LogP contribution is -2.11. The minimum Gasteiger partial charge on any atom is -0.295 e. The molecule has 0 saturated carbocycles. The maximum absolute atomic E-state index is 4.75. The number of anilines is 3. The molecule has 30 heavy (non-hydrogen) atoms. The van der Waals surface area contributed by atoms with Crippen LogP contribution >= 0.6 is 0 Å². The second-order valence-electron chi connectivity index (χ2n) is 7.20. The molecule has 0 saturated heterocycles. The van der Waals surface area contributed by atoms with E-state index in [1.54, 1.807) is 0 Å². The smallest absolute Gasteiger partial charge is 0.137 e. The van der Waals surface area contributed by atoms with Crippen LogP contribution in [0.2, 0.25) is 0 Å². The van der Waals surface area contributed by atoms with Crippen molar-refractivity contribution >= 4 is 34.9 Å². The zero-order valence-electron chi connectivity index (χ0n) is 17.1. The molecule has 1 heterocycles. The van der Waals surface area contributed by atoms with Crippen LogP contribution in [-0.2, 0) is 0 Å². The number of aromatic nitrogens is 1. The molecule has 0 unspecified atom stereocenters. The monoisotopic (exact) mass is 388 g/mol. The van der Waals surface area contributed by atoms with Crippen molar-refractivity contribution in [2.75, 3.05) is 4.90 Å². The highest BCUT2D eigenvalue weighted by Gasteiger charge is 2.12. The fraction of sp³-hybridized carbons (Fsp3) is 0.0357. The Bertz CT molecular complexity index is 1100. The number of nitrogens with zero attached hydrogens (tertiary/aromatic N) is 2. The van der Waals surface area contributed by atoms with Gasteiger partial charge in [0.25, 0.3) is 0 Å². The van der Waals surface area contributed by atoms with E-state index < -0.39 is 0 Å². The number of para-hydroxylation sites is 2. The van der Waals surface area contributed by atoms with Crippen molar-refractivity contribution in [3.8, 4) is 0 Å². The van der Waals surface area contributed by atoms with Gasteiger partial charge in [0.15, 0.2) is 0 Å². The van der Waals surface area contributed by atoms with E-state index in [1.807, 2.05) is 49.5 Å². The second kappa shape index (κ2) is 9.06. The number of hydrogen-bond donors (Lipinski definition) is 0. The Morgan fingerprint density at radius 2 is 1.37 bits per heavy atom. The summed E-state index contributed by atoms with van der Waals surface area (Å²) in [5.74, 6) is 0.883. The molecule has 0 N–H and O–H groups in total. The summed E-state index contributed by atoms with van der Waals surface area (Å²) in [5, 5.41) is 0. The Kier molecular flexibility index (Phi) is 5.86. The zero-order valence-corrected chi connectivity index (χ0v) is 17.1. The number of benzene rings is 3. The van der Waals surface area contributed by atoms with Crippen LogP contribution in [0.5, 0.6) is 0 Å². The van der Waals surface area contributed by atoms with Crippen LogP contribution in [0.15, 0.2) is 110 Å². The van der Waals surface area contributed by atoms with Gasteiger partial charge < -0.3 is 0 Å². The highest BCUT2D eigenvalue weighted by atomic mass is 15.2. The van der Waals surface area contributed by atoms with E-state index in [0.29, 0.717) is 0 Å². The minimum absolute atomic E-state index is 0.883. The van der Waals surface area contributed by atoms with Gasteiger partial charge in [0.2, 0.25) is 0 Å². The van der Waals surface area contributed by atoms with Crippen molar-refractivity contribution in [2.24, 2.45) is 0 Å². The lowest BCUT2D eigenvalue weighted by atomic mass is 10.1. The van der Waals surface area contributed by atoms with Gasteiger partial charge in [-0.25, -0.2) is 4.98 Å². The first-order valence-electron chi connectivity index (χ1n) is 10.0. The van der Waals surface area contributed by atoms with Gasteiger partial charge >= 0.3 is 0 Å². The molecule has 2 heteroatoms. The van der Waals surface area contributed by atoms with Gasteiger partial charge in [0, 0.05) is 17.6 Å². The van der Waals surface area contributed by atoms with Gasteiger partial charge in [-0.15, -0.1) is 0 Å². The molecule has 146 valence electrons. The third-order valence-electron chi connectivity index (χ3n) is 4.88. The molecule has 4 aromatic rings. The highest BCUT2D eigenvalue weighted by molar-refractivity contribution is 5.76. The summed E-state index contributed by atoms with van der Waals surface area (Å²) in [6, 6.07) is 33.1. The van der Waals surface area contributed by atoms with E-state index in [0.717, 1.165) is 39.5 Å². The Balaban J connectivity index is 1.61. The molecule has 0 aliphatic carbocycles. The van der Waals surface area contributed by atoms with Gasteiger partial charge in [-0.05, 0) is 66.1 Å². The van der Waals surface area contributed by atoms with Gasteiger partial charge in [-0.3, -0.25) is 4.90 Å². The Morgan fingerprint density at radius 3 is 1.93 bits per heavy atom. The van der Waals surface area contributed by atoms with E-state index in [-0.39, 0.29) is 0 Å². The summed E-state index contributed by atoms with van der Waals surface area (Å²) in [6.45, 7) is 6.05. The number of hydrogen-bond acceptors (Lipinski definition) is 2. The number of allylic oxidation sites excluding steroid dienone is 1. The SMILES string of the molecule is C=C(C)c1cccc(/C=C/c2ccc(N(c3ccccc3)c3ccccc3)nc2)c1. The van der Waals surface area contributed by atoms with Crippen LogP contribution in [0.1, 0.15) is 23.6 Å². The van der Waals surface area contributed by atoms with Gasteiger partial charge in [0.1, 0.15) is 5.82 Å². The molecule has 0 aliphatic rings. The molecular weight excluding hydrogens is 364 g/mol. The Labute approximate surface area is 178 Å². The maximum Gasteiger partial charge on any atom is 0.137 e. The van der Waals surface area contributed by atoms with Crippen LogP contribution in [0.25, 0.3) is 17.7 Å². The lowest BCUT2D eigenvalue weighted by Gasteiger charge is -2.24. The van der Waals surface area contributed by atoms with Crippen LogP contribution in [-0.4, -0.2) is 4.98 Å². The Morgan fingerprint density at radius 1 is 0.733 bits per heavy atom. The topological polar surface area (TPSA) is 16.1 Å². The summed E-state index contributed by atoms with van der Waals surface area (Å²) in [7, 11) is 0. The molecule has 1 aromatic heterocycles. The summed E-state index contributed by atoms with van der Waals surface area (Å²) in [6.07, 6.45) is 6.10. The quantitative estimate of drug-likeness (QED) is 0.335. The van der Waals surface area contributed by atoms with E-state index in [9.17, 15) is 0 Å². The van der Waals surface area contributed by atoms with E-state index >= 15 is 0 Å². The molecule has 0 bridgehead atoms. The highest BCUT2D eigenvalue weighted by Crippen LogP contribution is 2.32. The molecule has 0 fully saturated rings. The van der Waals surface area contributed by atoms with Gasteiger partial charge in [0.05, 0.1) is 0 Å². The first-order chi connectivity index (χ1) is 14.7. The van der Waals surface area contributed by atoms with E-state index in [4.69, 9.17) is 4.98 Å². The van der Waals surface area contributed by atoms with Gasteiger partial charge in [-0.2, -0.15) is 0 Å². The summed E-state index contributed by atoms with van der Waals surface area (Å²) in [5.41, 5.74) is 6.59. The average molecular weight is 389 g/mol. The largest absolute Gasteiger partial charge is 0.295 e. The predicted molar refractivity (Wildman–Crippen MR) is 129 cm³/mol. The van der Waals surface area contributed by atoms with Gasteiger partial charge in [-0.1, -0.05) is 78.9 Å². The normalized spacial score (nSPS) is 10.8. The molecule has 2 nitrogen and oxygen atoms in total. The zero-order chi connectivity index (χ0) is 20.8. The third kappa shape index (κ3) is 4.56. The van der Waals surface area contributed by atoms with E-state index in [1.165, 1.54) is 0 Å². The molecule has 0 radical (unpaired) electrons.